The topological polar surface area (TPSA) is 12.5 Å². The lowest BCUT2D eigenvalue weighted by Crippen LogP contribution is -2.62. The third-order valence-corrected chi connectivity index (χ3v) is 19.2. The van der Waals surface area contributed by atoms with Crippen molar-refractivity contribution in [3.05, 3.63) is 219 Å². The molecule has 1 unspecified atom stereocenters. The molecule has 0 N–H and O–H groups in total. The first-order valence-corrected chi connectivity index (χ1v) is 27.8. The van der Waals surface area contributed by atoms with Gasteiger partial charge in [0.2, 0.25) is 0 Å². The van der Waals surface area contributed by atoms with Gasteiger partial charge in [-0.1, -0.05) is 185 Å². The van der Waals surface area contributed by atoms with Crippen molar-refractivity contribution in [2.75, 3.05) is 4.81 Å². The summed E-state index contributed by atoms with van der Waals surface area (Å²) in [5, 5.41) is 0. The van der Waals surface area contributed by atoms with Crippen LogP contribution in [0.4, 0.5) is 11.4 Å². The van der Waals surface area contributed by atoms with E-state index in [0.717, 1.165) is 41.1 Å². The highest BCUT2D eigenvalue weighted by atomic mass is 16.5. The van der Waals surface area contributed by atoms with Gasteiger partial charge in [0.1, 0.15) is 11.5 Å². The molecule has 3 heterocycles. The third kappa shape index (κ3) is 6.58. The fraction of sp³-hybridized carbons (Fsp3) is 0.278. The Labute approximate surface area is 446 Å². The predicted molar refractivity (Wildman–Crippen MR) is 318 cm³/mol. The van der Waals surface area contributed by atoms with Crippen LogP contribution in [0.2, 0.25) is 0 Å². The summed E-state index contributed by atoms with van der Waals surface area (Å²) in [7, 11) is 0. The van der Waals surface area contributed by atoms with Crippen LogP contribution in [0, 0.1) is 6.92 Å². The van der Waals surface area contributed by atoms with Gasteiger partial charge in [-0.3, -0.25) is 0 Å². The number of hydrogen-bond acceptors (Lipinski definition) is 2. The summed E-state index contributed by atoms with van der Waals surface area (Å²) >= 11 is 0. The summed E-state index contributed by atoms with van der Waals surface area (Å²) < 4.78 is 7.08. The molecule has 6 aliphatic rings. The van der Waals surface area contributed by atoms with Crippen molar-refractivity contribution in [1.82, 2.24) is 0 Å². The molecular formula is C72H68BNO. The maximum Gasteiger partial charge on any atom is 0.329 e. The molecule has 370 valence electrons. The van der Waals surface area contributed by atoms with Crippen molar-refractivity contribution in [3.63, 3.8) is 0 Å². The van der Waals surface area contributed by atoms with E-state index in [4.69, 9.17) is 11.3 Å². The van der Waals surface area contributed by atoms with Crippen LogP contribution in [0.3, 0.4) is 0 Å². The zero-order chi connectivity index (χ0) is 51.8. The van der Waals surface area contributed by atoms with Gasteiger partial charge in [0.05, 0.1) is 0 Å². The van der Waals surface area contributed by atoms with E-state index in [9.17, 15) is 0 Å². The van der Waals surface area contributed by atoms with E-state index in [-0.39, 0.29) is 34.4 Å². The van der Waals surface area contributed by atoms with Gasteiger partial charge in [-0.15, -0.1) is 0 Å². The minimum Gasteiger partial charge on any atom is -0.456 e. The van der Waals surface area contributed by atoms with Crippen LogP contribution in [0.1, 0.15) is 155 Å². The SMILES string of the molecule is C=C1C=C(c2ccccc2)Oc2cc3c(cc21)B1c2c(c4c(c(-c5cc6c(cc5C)C(C)(C)CCC6(C)C)c2C3C)-c2ccccc2CC4)-c2cc3c(cc2N1c1ccc(C(C)(C)C)cc1)C(C)(C)c1ccccc1-3. The summed E-state index contributed by atoms with van der Waals surface area (Å²) in [6.07, 6.45) is 6.47. The Morgan fingerprint density at radius 3 is 2.03 bits per heavy atom. The molecule has 0 amide bonds. The first-order valence-electron chi connectivity index (χ1n) is 27.8. The Kier molecular flexibility index (Phi) is 9.74. The van der Waals surface area contributed by atoms with Crippen molar-refractivity contribution in [3.8, 4) is 50.3 Å². The first kappa shape index (κ1) is 46.4. The van der Waals surface area contributed by atoms with E-state index < -0.39 is 0 Å². The summed E-state index contributed by atoms with van der Waals surface area (Å²) in [5.74, 6) is 1.74. The quantitative estimate of drug-likeness (QED) is 0.164. The minimum atomic E-state index is -0.182. The number of rotatable bonds is 3. The Morgan fingerprint density at radius 1 is 0.613 bits per heavy atom. The summed E-state index contributed by atoms with van der Waals surface area (Å²) in [5.41, 5.74) is 33.7. The molecule has 0 spiro atoms. The highest BCUT2D eigenvalue weighted by molar-refractivity contribution is 6.92. The lowest BCUT2D eigenvalue weighted by Gasteiger charge is -2.47. The molecule has 0 saturated carbocycles. The van der Waals surface area contributed by atoms with Gasteiger partial charge < -0.3 is 9.55 Å². The van der Waals surface area contributed by atoms with Crippen LogP contribution in [0.15, 0.2) is 152 Å². The number of fused-ring (bicyclic) bond motifs is 13. The van der Waals surface area contributed by atoms with Gasteiger partial charge in [0.25, 0.3) is 0 Å². The molecule has 3 aliphatic heterocycles. The molecule has 14 rings (SSSR count). The highest BCUT2D eigenvalue weighted by Crippen LogP contribution is 2.59. The minimum absolute atomic E-state index is 0.00785. The predicted octanol–water partition coefficient (Wildman–Crippen LogP) is 17.2. The van der Waals surface area contributed by atoms with Crippen molar-refractivity contribution < 1.29 is 4.74 Å². The van der Waals surface area contributed by atoms with Crippen molar-refractivity contribution in [1.29, 1.82) is 0 Å². The van der Waals surface area contributed by atoms with Gasteiger partial charge in [-0.2, -0.15) is 0 Å². The molecule has 75 heavy (non-hydrogen) atoms. The number of hydrogen-bond donors (Lipinski definition) is 0. The van der Waals surface area contributed by atoms with E-state index >= 15 is 0 Å². The first-order chi connectivity index (χ1) is 35.8. The largest absolute Gasteiger partial charge is 0.456 e. The smallest absolute Gasteiger partial charge is 0.329 e. The van der Waals surface area contributed by atoms with Crippen LogP contribution in [-0.2, 0) is 34.5 Å². The van der Waals surface area contributed by atoms with E-state index in [0.29, 0.717) is 0 Å². The van der Waals surface area contributed by atoms with E-state index in [1.54, 1.807) is 0 Å². The molecular weight excluding hydrogens is 906 g/mol. The zero-order valence-electron chi connectivity index (χ0n) is 45.9. The second-order valence-electron chi connectivity index (χ2n) is 25.9. The maximum absolute atomic E-state index is 7.08. The molecule has 0 saturated heterocycles. The van der Waals surface area contributed by atoms with Gasteiger partial charge in [0, 0.05) is 39.4 Å². The Morgan fingerprint density at radius 2 is 1.29 bits per heavy atom. The molecule has 0 bridgehead atoms. The molecule has 3 heteroatoms. The van der Waals surface area contributed by atoms with Crippen LogP contribution in [0.25, 0.3) is 55.8 Å². The Balaban J connectivity index is 1.15. The van der Waals surface area contributed by atoms with Gasteiger partial charge in [0.15, 0.2) is 0 Å². The molecule has 0 aromatic heterocycles. The van der Waals surface area contributed by atoms with Crippen molar-refractivity contribution >= 4 is 40.5 Å². The number of ether oxygens (including phenoxy) is 1. The number of aryl methyl sites for hydroxylation is 2. The number of allylic oxidation sites excluding steroid dienone is 2. The zero-order valence-corrected chi connectivity index (χ0v) is 45.9. The second-order valence-corrected chi connectivity index (χ2v) is 25.9. The fourth-order valence-electron chi connectivity index (χ4n) is 14.9. The maximum atomic E-state index is 7.08. The molecule has 3 aliphatic carbocycles. The normalized spacial score (nSPS) is 18.5. The van der Waals surface area contributed by atoms with Gasteiger partial charge >= 0.3 is 6.85 Å². The Bertz CT molecular complexity index is 3850. The average molecular weight is 974 g/mol. The van der Waals surface area contributed by atoms with Gasteiger partial charge in [-0.25, -0.2) is 0 Å². The second kappa shape index (κ2) is 15.7. The van der Waals surface area contributed by atoms with E-state index in [1.165, 1.54) is 135 Å². The molecule has 1 atom stereocenters. The molecule has 8 aromatic carbocycles. The lowest BCUT2D eigenvalue weighted by molar-refractivity contribution is 0.332. The van der Waals surface area contributed by atoms with Crippen LogP contribution in [-0.4, -0.2) is 6.85 Å². The average Bonchev–Trinajstić information content (AvgIpc) is 3.67. The standard InChI is InChI=1S/C72H68BNO/c1-41-34-58-59(71(9,10)33-32-70(58,7)8)37-52(41)67-64-43(3)53-39-63-51(42(2)35-62(75-63)45-21-14-13-15-22-45)38-60(53)73-68(64)66(50-31-26-44-20-16-17-23-48(44)65(50)67)55-36-54-49-24-18-19-25-56(49)72(11,12)57(54)40-61(55)74(73)47-29-27-46(28-30-47)69(4,5)6/h13-25,27-30,34-40,43H,2,26,31-33H2,1,3-12H3. The van der Waals surface area contributed by atoms with Crippen LogP contribution < -0.4 is 20.5 Å². The molecule has 0 fully saturated rings. The van der Waals surface area contributed by atoms with Gasteiger partial charge in [-0.05, 0) is 196 Å². The van der Waals surface area contributed by atoms with Crippen molar-refractivity contribution in [2.24, 2.45) is 0 Å². The summed E-state index contributed by atoms with van der Waals surface area (Å²) in [4.78, 5) is 2.76. The third-order valence-electron chi connectivity index (χ3n) is 19.2. The molecule has 0 radical (unpaired) electrons. The Hall–Kier alpha value is -7.10. The van der Waals surface area contributed by atoms with E-state index in [1.807, 2.05) is 0 Å². The van der Waals surface area contributed by atoms with Crippen LogP contribution >= 0.6 is 0 Å². The van der Waals surface area contributed by atoms with E-state index in [2.05, 4.69) is 227 Å². The fourth-order valence-corrected chi connectivity index (χ4v) is 14.9. The molecule has 8 aromatic rings. The lowest BCUT2D eigenvalue weighted by atomic mass is 9.39. The number of benzene rings is 8. The molecule has 2 nitrogen and oxygen atoms in total. The monoisotopic (exact) mass is 974 g/mol. The number of nitrogens with zero attached hydrogens (tertiary/aromatic N) is 1. The highest BCUT2D eigenvalue weighted by Gasteiger charge is 2.50. The number of anilines is 2. The summed E-state index contributed by atoms with van der Waals surface area (Å²) in [6.45, 7) is 31.3. The van der Waals surface area contributed by atoms with Crippen molar-refractivity contribution in [2.45, 2.75) is 129 Å². The summed E-state index contributed by atoms with van der Waals surface area (Å²) in [6, 6.07) is 54.1. The van der Waals surface area contributed by atoms with Crippen LogP contribution in [0.5, 0.6) is 5.75 Å².